The maximum atomic E-state index is 13.4. The van der Waals surface area contributed by atoms with Gasteiger partial charge in [0.05, 0.1) is 17.7 Å². The molecule has 0 amide bonds. The van der Waals surface area contributed by atoms with Crippen molar-refractivity contribution in [3.8, 4) is 17.0 Å². The van der Waals surface area contributed by atoms with Crippen molar-refractivity contribution < 1.29 is 13.2 Å². The summed E-state index contributed by atoms with van der Waals surface area (Å²) in [7, 11) is -2.28. The Morgan fingerprint density at radius 2 is 1.73 bits per heavy atom. The van der Waals surface area contributed by atoms with E-state index in [1.165, 1.54) is 4.68 Å². The lowest BCUT2D eigenvalue weighted by molar-refractivity contribution is 0.415. The first-order chi connectivity index (χ1) is 15.9. The maximum absolute atomic E-state index is 13.4. The van der Waals surface area contributed by atoms with E-state index in [9.17, 15) is 13.2 Å². The molecule has 1 aliphatic carbocycles. The highest BCUT2D eigenvalue weighted by Gasteiger charge is 2.24. The van der Waals surface area contributed by atoms with Crippen molar-refractivity contribution in [3.05, 3.63) is 69.5 Å². The fraction of sp³-hybridized carbons (Fsp3) is 0.360. The van der Waals surface area contributed by atoms with Crippen LogP contribution < -0.4 is 15.0 Å². The standard InChI is InChI=1S/C25H29N3O4S/c1-4-17-10-11-18(24-21-8-6-7-9-22(21)25(29)28(5-2)26-24)16-23(17)33(30,31)27-19-12-14-20(32-3)15-13-19/h10-16,27H,4-9H2,1-3H3. The van der Waals surface area contributed by atoms with E-state index < -0.39 is 10.0 Å². The van der Waals surface area contributed by atoms with Crippen molar-refractivity contribution in [2.75, 3.05) is 11.8 Å². The second-order valence-corrected chi connectivity index (χ2v) is 9.79. The van der Waals surface area contributed by atoms with Gasteiger partial charge in [0.2, 0.25) is 0 Å². The van der Waals surface area contributed by atoms with Crippen LogP contribution in [-0.2, 0) is 35.8 Å². The highest BCUT2D eigenvalue weighted by molar-refractivity contribution is 7.92. The summed E-state index contributed by atoms with van der Waals surface area (Å²) in [5.74, 6) is 0.649. The number of fused-ring (bicyclic) bond motifs is 1. The van der Waals surface area contributed by atoms with Crippen LogP contribution in [0.4, 0.5) is 5.69 Å². The second kappa shape index (κ2) is 9.39. The van der Waals surface area contributed by atoms with E-state index in [0.717, 1.165) is 42.4 Å². The maximum Gasteiger partial charge on any atom is 0.270 e. The number of aryl methyl sites for hydroxylation is 2. The second-order valence-electron chi connectivity index (χ2n) is 8.14. The molecule has 0 unspecified atom stereocenters. The molecule has 1 aromatic heterocycles. The molecule has 7 nitrogen and oxygen atoms in total. The summed E-state index contributed by atoms with van der Waals surface area (Å²) < 4.78 is 36.0. The lowest BCUT2D eigenvalue weighted by Gasteiger charge is -2.21. The summed E-state index contributed by atoms with van der Waals surface area (Å²) >= 11 is 0. The number of ether oxygens (including phenoxy) is 1. The van der Waals surface area contributed by atoms with Crippen LogP contribution in [0.5, 0.6) is 5.75 Å². The molecule has 0 bridgehead atoms. The van der Waals surface area contributed by atoms with Gasteiger partial charge in [0, 0.05) is 23.4 Å². The van der Waals surface area contributed by atoms with Crippen LogP contribution in [0.25, 0.3) is 11.3 Å². The predicted octanol–water partition coefficient (Wildman–Crippen LogP) is 4.18. The van der Waals surface area contributed by atoms with Gasteiger partial charge in [0.25, 0.3) is 15.6 Å². The number of hydrogen-bond donors (Lipinski definition) is 1. The summed E-state index contributed by atoms with van der Waals surface area (Å²) in [6, 6.07) is 12.2. The number of benzene rings is 2. The van der Waals surface area contributed by atoms with Gasteiger partial charge in [-0.05, 0) is 80.5 Å². The third-order valence-corrected chi connectivity index (χ3v) is 7.58. The van der Waals surface area contributed by atoms with E-state index in [1.807, 2.05) is 26.0 Å². The topological polar surface area (TPSA) is 90.3 Å². The Labute approximate surface area is 194 Å². The smallest absolute Gasteiger partial charge is 0.270 e. The largest absolute Gasteiger partial charge is 0.497 e. The minimum atomic E-state index is -3.84. The summed E-state index contributed by atoms with van der Waals surface area (Å²) in [6.07, 6.45) is 4.06. The first-order valence-electron chi connectivity index (χ1n) is 11.3. The van der Waals surface area contributed by atoms with E-state index in [4.69, 9.17) is 4.74 Å². The fourth-order valence-electron chi connectivity index (χ4n) is 4.34. The van der Waals surface area contributed by atoms with Crippen LogP contribution in [0, 0.1) is 0 Å². The number of methoxy groups -OCH3 is 1. The summed E-state index contributed by atoms with van der Waals surface area (Å²) in [5, 5.41) is 4.63. The molecule has 4 rings (SSSR count). The van der Waals surface area contributed by atoms with Gasteiger partial charge in [-0.15, -0.1) is 0 Å². The highest BCUT2D eigenvalue weighted by Crippen LogP contribution is 2.31. The van der Waals surface area contributed by atoms with Crippen LogP contribution in [0.3, 0.4) is 0 Å². The number of rotatable bonds is 7. The molecular formula is C25H29N3O4S. The Morgan fingerprint density at radius 1 is 1.03 bits per heavy atom. The molecule has 1 aliphatic rings. The van der Waals surface area contributed by atoms with Crippen LogP contribution in [0.15, 0.2) is 52.2 Å². The van der Waals surface area contributed by atoms with E-state index in [-0.39, 0.29) is 10.5 Å². The highest BCUT2D eigenvalue weighted by atomic mass is 32.2. The quantitative estimate of drug-likeness (QED) is 0.563. The van der Waals surface area contributed by atoms with Crippen LogP contribution in [0.2, 0.25) is 0 Å². The molecule has 2 aromatic carbocycles. The Bertz CT molecular complexity index is 1330. The van der Waals surface area contributed by atoms with E-state index in [1.54, 1.807) is 37.4 Å². The van der Waals surface area contributed by atoms with Crippen LogP contribution in [0.1, 0.15) is 43.4 Å². The fourth-order valence-corrected chi connectivity index (χ4v) is 5.74. The molecule has 0 fully saturated rings. The molecule has 0 spiro atoms. The number of hydrogen-bond acceptors (Lipinski definition) is 5. The zero-order valence-electron chi connectivity index (χ0n) is 19.2. The lowest BCUT2D eigenvalue weighted by Crippen LogP contribution is -2.30. The average molecular weight is 468 g/mol. The summed E-state index contributed by atoms with van der Waals surface area (Å²) in [5.41, 5.74) is 4.32. The van der Waals surface area contributed by atoms with Gasteiger partial charge in [-0.1, -0.05) is 19.1 Å². The first-order valence-corrected chi connectivity index (χ1v) is 12.8. The van der Waals surface area contributed by atoms with Crippen molar-refractivity contribution in [3.63, 3.8) is 0 Å². The third-order valence-electron chi connectivity index (χ3n) is 6.12. The minimum absolute atomic E-state index is 0.0323. The lowest BCUT2D eigenvalue weighted by atomic mass is 9.89. The molecule has 3 aromatic rings. The molecule has 1 heterocycles. The van der Waals surface area contributed by atoms with E-state index in [2.05, 4.69) is 9.82 Å². The molecule has 0 saturated heterocycles. The number of aromatic nitrogens is 2. The van der Waals surface area contributed by atoms with E-state index >= 15 is 0 Å². The number of nitrogens with zero attached hydrogens (tertiary/aromatic N) is 2. The van der Waals surface area contributed by atoms with Crippen molar-refractivity contribution in [1.29, 1.82) is 0 Å². The van der Waals surface area contributed by atoms with Crippen molar-refractivity contribution >= 4 is 15.7 Å². The number of sulfonamides is 1. The van der Waals surface area contributed by atoms with Gasteiger partial charge in [-0.25, -0.2) is 13.1 Å². The number of nitrogens with one attached hydrogen (secondary N) is 1. The Hall–Kier alpha value is -3.13. The normalized spacial score (nSPS) is 13.4. The van der Waals surface area contributed by atoms with Crippen molar-refractivity contribution in [1.82, 2.24) is 9.78 Å². The Kier molecular flexibility index (Phi) is 6.56. The van der Waals surface area contributed by atoms with Gasteiger partial charge in [-0.2, -0.15) is 5.10 Å². The van der Waals surface area contributed by atoms with Crippen molar-refractivity contribution in [2.45, 2.75) is 57.4 Å². The van der Waals surface area contributed by atoms with Gasteiger partial charge in [0.15, 0.2) is 0 Å². The van der Waals surface area contributed by atoms with Crippen LogP contribution >= 0.6 is 0 Å². The van der Waals surface area contributed by atoms with E-state index in [0.29, 0.717) is 35.7 Å². The number of anilines is 1. The average Bonchev–Trinajstić information content (AvgIpc) is 2.84. The third kappa shape index (κ3) is 4.53. The molecule has 0 radical (unpaired) electrons. The Morgan fingerprint density at radius 3 is 2.36 bits per heavy atom. The zero-order valence-corrected chi connectivity index (χ0v) is 20.0. The summed E-state index contributed by atoms with van der Waals surface area (Å²) in [4.78, 5) is 13.0. The van der Waals surface area contributed by atoms with Crippen LogP contribution in [-0.4, -0.2) is 25.3 Å². The first kappa shape index (κ1) is 23.0. The van der Waals surface area contributed by atoms with Crippen molar-refractivity contribution in [2.24, 2.45) is 0 Å². The minimum Gasteiger partial charge on any atom is -0.497 e. The zero-order chi connectivity index (χ0) is 23.6. The molecule has 0 saturated carbocycles. The van der Waals surface area contributed by atoms with Gasteiger partial charge in [0.1, 0.15) is 5.75 Å². The molecule has 0 atom stereocenters. The SMILES string of the molecule is CCc1ccc(-c2nn(CC)c(=O)c3c2CCCC3)cc1S(=O)(=O)Nc1ccc(OC)cc1. The van der Waals surface area contributed by atoms with Gasteiger partial charge >= 0.3 is 0 Å². The van der Waals surface area contributed by atoms with Gasteiger partial charge < -0.3 is 4.74 Å². The monoisotopic (exact) mass is 467 g/mol. The molecular weight excluding hydrogens is 438 g/mol. The predicted molar refractivity (Wildman–Crippen MR) is 129 cm³/mol. The Balaban J connectivity index is 1.81. The van der Waals surface area contributed by atoms with Gasteiger partial charge in [-0.3, -0.25) is 9.52 Å². The molecule has 0 aliphatic heterocycles. The molecule has 1 N–H and O–H groups in total. The molecule has 8 heteroatoms. The molecule has 174 valence electrons. The summed E-state index contributed by atoms with van der Waals surface area (Å²) in [6.45, 7) is 4.29. The molecule has 33 heavy (non-hydrogen) atoms.